The standard InChI is InChI=1S/C13H20F3NO5/c1-3-21-6-7-22-9(2)10(18)17-5-4-12(8-17,11(19)20)13(14,15)16/h9H,3-8H2,1-2H3,(H,19,20). The first-order chi connectivity index (χ1) is 10.2. The molecule has 0 spiro atoms. The van der Waals surface area contributed by atoms with E-state index >= 15 is 0 Å². The number of carboxylic acids is 1. The highest BCUT2D eigenvalue weighted by atomic mass is 19.4. The van der Waals surface area contributed by atoms with Gasteiger partial charge in [0.25, 0.3) is 5.91 Å². The lowest BCUT2D eigenvalue weighted by atomic mass is 9.86. The third kappa shape index (κ3) is 3.89. The zero-order valence-corrected chi connectivity index (χ0v) is 12.5. The molecule has 0 aromatic carbocycles. The summed E-state index contributed by atoms with van der Waals surface area (Å²) in [6.45, 7) is 2.97. The van der Waals surface area contributed by atoms with Crippen LogP contribution in [0, 0.1) is 5.41 Å². The molecule has 0 saturated carbocycles. The van der Waals surface area contributed by atoms with E-state index in [1.54, 1.807) is 6.92 Å². The normalized spacial score (nSPS) is 23.6. The van der Waals surface area contributed by atoms with E-state index in [1.807, 2.05) is 0 Å². The lowest BCUT2D eigenvalue weighted by molar-refractivity contribution is -0.227. The molecule has 2 atom stereocenters. The van der Waals surface area contributed by atoms with Crippen molar-refractivity contribution in [1.82, 2.24) is 4.90 Å². The Morgan fingerprint density at radius 1 is 1.36 bits per heavy atom. The summed E-state index contributed by atoms with van der Waals surface area (Å²) in [6, 6.07) is 0. The van der Waals surface area contributed by atoms with Crippen LogP contribution in [0.3, 0.4) is 0 Å². The summed E-state index contributed by atoms with van der Waals surface area (Å²) in [4.78, 5) is 24.0. The van der Waals surface area contributed by atoms with Crippen molar-refractivity contribution < 1.29 is 37.3 Å². The molecular weight excluding hydrogens is 307 g/mol. The zero-order valence-electron chi connectivity index (χ0n) is 12.5. The van der Waals surface area contributed by atoms with Crippen LogP contribution in [-0.4, -0.2) is 67.1 Å². The minimum atomic E-state index is -4.91. The van der Waals surface area contributed by atoms with E-state index in [4.69, 9.17) is 14.6 Å². The quantitative estimate of drug-likeness (QED) is 0.713. The zero-order chi connectivity index (χ0) is 17.0. The van der Waals surface area contributed by atoms with Gasteiger partial charge in [0, 0.05) is 19.7 Å². The van der Waals surface area contributed by atoms with Gasteiger partial charge in [0.2, 0.25) is 0 Å². The second kappa shape index (κ2) is 7.28. The van der Waals surface area contributed by atoms with Crippen molar-refractivity contribution >= 4 is 11.9 Å². The Hall–Kier alpha value is -1.35. The highest BCUT2D eigenvalue weighted by Crippen LogP contribution is 2.45. The smallest absolute Gasteiger partial charge is 0.406 e. The molecule has 1 N–H and O–H groups in total. The van der Waals surface area contributed by atoms with Gasteiger partial charge in [-0.25, -0.2) is 0 Å². The Morgan fingerprint density at radius 2 is 2.00 bits per heavy atom. The summed E-state index contributed by atoms with van der Waals surface area (Å²) in [5, 5.41) is 8.93. The number of ether oxygens (including phenoxy) is 2. The highest BCUT2D eigenvalue weighted by molar-refractivity contribution is 5.83. The summed E-state index contributed by atoms with van der Waals surface area (Å²) in [6.07, 6.45) is -6.51. The Morgan fingerprint density at radius 3 is 2.45 bits per heavy atom. The molecule has 1 amide bonds. The number of likely N-dealkylation sites (tertiary alicyclic amines) is 1. The van der Waals surface area contributed by atoms with Crippen molar-refractivity contribution in [3.63, 3.8) is 0 Å². The van der Waals surface area contributed by atoms with Crippen molar-refractivity contribution in [2.75, 3.05) is 32.9 Å². The number of aliphatic carboxylic acids is 1. The molecule has 9 heteroatoms. The fraction of sp³-hybridized carbons (Fsp3) is 0.846. The summed E-state index contributed by atoms with van der Waals surface area (Å²) >= 11 is 0. The molecule has 1 aliphatic rings. The molecule has 6 nitrogen and oxygen atoms in total. The number of alkyl halides is 3. The van der Waals surface area contributed by atoms with Crippen LogP contribution in [0.5, 0.6) is 0 Å². The number of carbonyl (C=O) groups is 2. The average molecular weight is 327 g/mol. The highest BCUT2D eigenvalue weighted by Gasteiger charge is 2.64. The van der Waals surface area contributed by atoms with Gasteiger partial charge in [0.1, 0.15) is 6.10 Å². The van der Waals surface area contributed by atoms with Gasteiger partial charge >= 0.3 is 12.1 Å². The van der Waals surface area contributed by atoms with Gasteiger partial charge in [0.05, 0.1) is 13.2 Å². The van der Waals surface area contributed by atoms with E-state index < -0.39 is 42.5 Å². The minimum absolute atomic E-state index is 0.137. The predicted octanol–water partition coefficient (Wildman–Crippen LogP) is 1.29. The monoisotopic (exact) mass is 327 g/mol. The molecule has 0 aliphatic carbocycles. The van der Waals surface area contributed by atoms with Crippen LogP contribution in [0.1, 0.15) is 20.3 Å². The molecule has 1 fully saturated rings. The molecule has 0 radical (unpaired) electrons. The van der Waals surface area contributed by atoms with Crippen molar-refractivity contribution in [3.05, 3.63) is 0 Å². The van der Waals surface area contributed by atoms with Gasteiger partial charge < -0.3 is 19.5 Å². The van der Waals surface area contributed by atoms with Crippen LogP contribution in [0.15, 0.2) is 0 Å². The lowest BCUT2D eigenvalue weighted by Crippen LogP contribution is -2.48. The maximum Gasteiger partial charge on any atom is 0.406 e. The number of amides is 1. The van der Waals surface area contributed by atoms with Gasteiger partial charge in [-0.3, -0.25) is 9.59 Å². The number of hydrogen-bond donors (Lipinski definition) is 1. The Bertz CT molecular complexity index is 415. The SMILES string of the molecule is CCOCCOC(C)C(=O)N1CCC(C(=O)O)(C(F)(F)F)C1. The summed E-state index contributed by atoms with van der Waals surface area (Å²) in [5.74, 6) is -2.61. The van der Waals surface area contributed by atoms with Crippen molar-refractivity contribution in [1.29, 1.82) is 0 Å². The fourth-order valence-corrected chi connectivity index (χ4v) is 2.28. The minimum Gasteiger partial charge on any atom is -0.481 e. The lowest BCUT2D eigenvalue weighted by Gasteiger charge is -2.28. The Kier molecular flexibility index (Phi) is 6.18. The van der Waals surface area contributed by atoms with E-state index in [9.17, 15) is 22.8 Å². The molecule has 0 aromatic rings. The largest absolute Gasteiger partial charge is 0.481 e. The van der Waals surface area contributed by atoms with Crippen molar-refractivity contribution in [2.45, 2.75) is 32.5 Å². The molecule has 1 rings (SSSR count). The van der Waals surface area contributed by atoms with Crippen LogP contribution in [-0.2, 0) is 19.1 Å². The summed E-state index contributed by atoms with van der Waals surface area (Å²) < 4.78 is 49.3. The van der Waals surface area contributed by atoms with Crippen LogP contribution in [0.2, 0.25) is 0 Å². The first-order valence-corrected chi connectivity index (χ1v) is 6.94. The molecule has 2 unspecified atom stereocenters. The number of halogens is 3. The molecule has 1 saturated heterocycles. The number of carbonyl (C=O) groups excluding carboxylic acids is 1. The number of nitrogens with zero attached hydrogens (tertiary/aromatic N) is 1. The van der Waals surface area contributed by atoms with E-state index in [2.05, 4.69) is 0 Å². The van der Waals surface area contributed by atoms with Crippen molar-refractivity contribution in [2.24, 2.45) is 5.41 Å². The van der Waals surface area contributed by atoms with E-state index in [0.717, 1.165) is 4.90 Å². The second-order valence-corrected chi connectivity index (χ2v) is 5.10. The molecule has 0 bridgehead atoms. The molecule has 0 aromatic heterocycles. The summed E-state index contributed by atoms with van der Waals surface area (Å²) in [5.41, 5.74) is -2.90. The first-order valence-electron chi connectivity index (χ1n) is 6.94. The summed E-state index contributed by atoms with van der Waals surface area (Å²) in [7, 11) is 0. The molecule has 128 valence electrons. The van der Waals surface area contributed by atoms with E-state index in [-0.39, 0.29) is 19.8 Å². The fourth-order valence-electron chi connectivity index (χ4n) is 2.28. The maximum absolute atomic E-state index is 13.0. The second-order valence-electron chi connectivity index (χ2n) is 5.10. The number of hydrogen-bond acceptors (Lipinski definition) is 4. The Labute approximate surface area is 126 Å². The van der Waals surface area contributed by atoms with E-state index in [0.29, 0.717) is 6.61 Å². The van der Waals surface area contributed by atoms with Gasteiger partial charge in [-0.05, 0) is 20.3 Å². The molecule has 22 heavy (non-hydrogen) atoms. The van der Waals surface area contributed by atoms with E-state index in [1.165, 1.54) is 6.92 Å². The molecular formula is C13H20F3NO5. The average Bonchev–Trinajstić information content (AvgIpc) is 2.88. The van der Waals surface area contributed by atoms with Crippen LogP contribution in [0.4, 0.5) is 13.2 Å². The number of rotatable bonds is 7. The topological polar surface area (TPSA) is 76.1 Å². The molecule has 1 heterocycles. The van der Waals surface area contributed by atoms with Crippen molar-refractivity contribution in [3.8, 4) is 0 Å². The van der Waals surface area contributed by atoms with Gasteiger partial charge in [-0.1, -0.05) is 0 Å². The third-order valence-corrected chi connectivity index (χ3v) is 3.68. The Balaban J connectivity index is 2.64. The molecule has 1 aliphatic heterocycles. The van der Waals surface area contributed by atoms with Gasteiger partial charge in [-0.2, -0.15) is 13.2 Å². The number of carboxylic acid groups (broad SMARTS) is 1. The predicted molar refractivity (Wildman–Crippen MR) is 69.2 cm³/mol. The van der Waals surface area contributed by atoms with Crippen LogP contribution in [0.25, 0.3) is 0 Å². The van der Waals surface area contributed by atoms with Crippen LogP contribution >= 0.6 is 0 Å². The van der Waals surface area contributed by atoms with Gasteiger partial charge in [0.15, 0.2) is 5.41 Å². The maximum atomic E-state index is 13.0. The van der Waals surface area contributed by atoms with Crippen LogP contribution < -0.4 is 0 Å². The van der Waals surface area contributed by atoms with Gasteiger partial charge in [-0.15, -0.1) is 0 Å². The third-order valence-electron chi connectivity index (χ3n) is 3.68. The first kappa shape index (κ1) is 18.7.